The van der Waals surface area contributed by atoms with Crippen LogP contribution in [-0.2, 0) is 4.79 Å². The molecule has 0 aliphatic heterocycles. The first-order valence-electron chi connectivity index (χ1n) is 3.89. The van der Waals surface area contributed by atoms with E-state index in [1.54, 1.807) is 6.92 Å². The molecule has 11 heavy (non-hydrogen) atoms. The largest absolute Gasteiger partial charge is 1.00 e. The predicted octanol–water partition coefficient (Wildman–Crippen LogP) is -2.04. The van der Waals surface area contributed by atoms with E-state index in [0.717, 1.165) is 25.7 Å². The van der Waals surface area contributed by atoms with Gasteiger partial charge in [0.15, 0.2) is 0 Å². The van der Waals surface area contributed by atoms with Gasteiger partial charge in [-0.15, -0.1) is 0 Å². The van der Waals surface area contributed by atoms with Crippen molar-refractivity contribution >= 4 is 5.97 Å². The molecule has 0 heterocycles. The van der Waals surface area contributed by atoms with Crippen LogP contribution in [0.1, 0.15) is 39.5 Å². The van der Waals surface area contributed by atoms with Gasteiger partial charge in [0.05, 0.1) is 0 Å². The summed E-state index contributed by atoms with van der Waals surface area (Å²) in [6, 6.07) is 0. The van der Waals surface area contributed by atoms with E-state index in [-0.39, 0.29) is 24.8 Å². The maximum Gasteiger partial charge on any atom is 1.00 e. The van der Waals surface area contributed by atoms with Crippen molar-refractivity contribution in [2.75, 3.05) is 0 Å². The Balaban J connectivity index is 0. The second-order valence-electron chi connectivity index (χ2n) is 2.72. The normalized spacial score (nSPS) is 11.8. The minimum Gasteiger partial charge on any atom is -0.550 e. The quantitative estimate of drug-likeness (QED) is 0.334. The topological polar surface area (TPSA) is 40.1 Å². The molecular weight excluding hydrogens is 135 g/mol. The Kier molecular flexibility index (Phi) is 10.1. The molecule has 0 N–H and O–H groups in total. The van der Waals surface area contributed by atoms with Crippen molar-refractivity contribution in [3.63, 3.8) is 0 Å². The number of unbranched alkanes of at least 4 members (excludes halogenated alkanes) is 2. The summed E-state index contributed by atoms with van der Waals surface area (Å²) in [4.78, 5) is 10.2. The van der Waals surface area contributed by atoms with Crippen molar-refractivity contribution in [2.45, 2.75) is 39.5 Å². The zero-order valence-electron chi connectivity index (χ0n) is 7.72. The molecule has 0 aliphatic rings. The molecule has 3 heteroatoms. The van der Waals surface area contributed by atoms with Gasteiger partial charge in [0, 0.05) is 5.97 Å². The molecule has 0 amide bonds. The summed E-state index contributed by atoms with van der Waals surface area (Å²) in [6.45, 7) is 3.80. The first-order chi connectivity index (χ1) is 4.68. The molecular formula is C8H15LiO2. The summed E-state index contributed by atoms with van der Waals surface area (Å²) >= 11 is 0. The Morgan fingerprint density at radius 3 is 2.36 bits per heavy atom. The fraction of sp³-hybridized carbons (Fsp3) is 0.875. The monoisotopic (exact) mass is 150 g/mol. The summed E-state index contributed by atoms with van der Waals surface area (Å²) in [6.07, 6.45) is 4.03. The zero-order chi connectivity index (χ0) is 7.98. The standard InChI is InChI=1S/C8H16O2.Li/c1-3-4-5-6-7(2)8(9)10;/h7H,3-6H2,1-2H3,(H,9,10);/q;+1/p-1. The number of aliphatic carboxylic acids is 1. The third-order valence-corrected chi connectivity index (χ3v) is 1.64. The van der Waals surface area contributed by atoms with E-state index in [2.05, 4.69) is 6.92 Å². The summed E-state index contributed by atoms with van der Waals surface area (Å²) < 4.78 is 0. The van der Waals surface area contributed by atoms with Crippen molar-refractivity contribution < 1.29 is 28.8 Å². The van der Waals surface area contributed by atoms with E-state index in [1.165, 1.54) is 0 Å². The van der Waals surface area contributed by atoms with Crippen LogP contribution in [0.5, 0.6) is 0 Å². The number of carboxylic acid groups (broad SMARTS) is 1. The molecule has 0 rings (SSSR count). The average molecular weight is 150 g/mol. The summed E-state index contributed by atoms with van der Waals surface area (Å²) in [7, 11) is 0. The number of carbonyl (C=O) groups is 1. The van der Waals surface area contributed by atoms with Crippen molar-refractivity contribution in [1.29, 1.82) is 0 Å². The Hall–Kier alpha value is 0.0674. The third kappa shape index (κ3) is 7.97. The molecule has 1 atom stereocenters. The number of hydrogen-bond donors (Lipinski definition) is 0. The van der Waals surface area contributed by atoms with E-state index >= 15 is 0 Å². The van der Waals surface area contributed by atoms with Crippen LogP contribution in [0.3, 0.4) is 0 Å². The van der Waals surface area contributed by atoms with Gasteiger partial charge in [0.2, 0.25) is 0 Å². The van der Waals surface area contributed by atoms with Gasteiger partial charge in [-0.2, -0.15) is 0 Å². The van der Waals surface area contributed by atoms with Gasteiger partial charge in [0.25, 0.3) is 0 Å². The van der Waals surface area contributed by atoms with Crippen LogP contribution in [0.15, 0.2) is 0 Å². The SMILES string of the molecule is CCCCCC(C)C(=O)[O-].[Li+]. The van der Waals surface area contributed by atoms with E-state index < -0.39 is 5.97 Å². The minimum absolute atomic E-state index is 0. The molecule has 2 nitrogen and oxygen atoms in total. The first kappa shape index (κ1) is 13.6. The van der Waals surface area contributed by atoms with Crippen LogP contribution in [0, 0.1) is 5.92 Å². The summed E-state index contributed by atoms with van der Waals surface area (Å²) in [5, 5.41) is 10.2. The summed E-state index contributed by atoms with van der Waals surface area (Å²) in [5.74, 6) is -1.19. The molecule has 0 aromatic rings. The zero-order valence-corrected chi connectivity index (χ0v) is 7.72. The number of carbonyl (C=O) groups excluding carboxylic acids is 1. The van der Waals surface area contributed by atoms with Crippen LogP contribution < -0.4 is 24.0 Å². The molecule has 60 valence electrons. The van der Waals surface area contributed by atoms with Crippen molar-refractivity contribution in [1.82, 2.24) is 0 Å². The smallest absolute Gasteiger partial charge is 0.550 e. The van der Waals surface area contributed by atoms with E-state index in [1.807, 2.05) is 0 Å². The van der Waals surface area contributed by atoms with Gasteiger partial charge in [-0.3, -0.25) is 0 Å². The van der Waals surface area contributed by atoms with Crippen LogP contribution >= 0.6 is 0 Å². The van der Waals surface area contributed by atoms with Gasteiger partial charge in [-0.05, 0) is 12.3 Å². The fourth-order valence-electron chi connectivity index (χ4n) is 0.818. The molecule has 0 spiro atoms. The second-order valence-corrected chi connectivity index (χ2v) is 2.72. The van der Waals surface area contributed by atoms with Crippen molar-refractivity contribution in [2.24, 2.45) is 5.92 Å². The summed E-state index contributed by atoms with van der Waals surface area (Å²) in [5.41, 5.74) is 0. The van der Waals surface area contributed by atoms with Gasteiger partial charge in [-0.25, -0.2) is 0 Å². The first-order valence-corrected chi connectivity index (χ1v) is 3.89. The molecule has 0 aromatic heterocycles. The maximum atomic E-state index is 10.2. The predicted molar refractivity (Wildman–Crippen MR) is 38.3 cm³/mol. The van der Waals surface area contributed by atoms with Crippen molar-refractivity contribution in [3.8, 4) is 0 Å². The molecule has 0 saturated carbocycles. The van der Waals surface area contributed by atoms with Crippen LogP contribution in [0.25, 0.3) is 0 Å². The van der Waals surface area contributed by atoms with Crippen LogP contribution in [0.4, 0.5) is 0 Å². The Morgan fingerprint density at radius 1 is 1.45 bits per heavy atom. The Labute approximate surface area is 80.5 Å². The molecule has 0 fully saturated rings. The van der Waals surface area contributed by atoms with Gasteiger partial charge in [0.1, 0.15) is 0 Å². The Morgan fingerprint density at radius 2 is 2.00 bits per heavy atom. The minimum atomic E-state index is -0.920. The Bertz CT molecular complexity index is 104. The van der Waals surface area contributed by atoms with Crippen LogP contribution in [-0.4, -0.2) is 5.97 Å². The number of rotatable bonds is 5. The molecule has 0 saturated heterocycles. The van der Waals surface area contributed by atoms with Gasteiger partial charge >= 0.3 is 18.9 Å². The third-order valence-electron chi connectivity index (χ3n) is 1.64. The van der Waals surface area contributed by atoms with E-state index in [9.17, 15) is 9.90 Å². The van der Waals surface area contributed by atoms with E-state index in [0.29, 0.717) is 0 Å². The molecule has 1 unspecified atom stereocenters. The van der Waals surface area contributed by atoms with Crippen LogP contribution in [0.2, 0.25) is 0 Å². The number of hydrogen-bond acceptors (Lipinski definition) is 2. The maximum absolute atomic E-state index is 10.2. The molecule has 0 aliphatic carbocycles. The molecule has 0 aromatic carbocycles. The fourth-order valence-corrected chi connectivity index (χ4v) is 0.818. The number of carboxylic acids is 1. The van der Waals surface area contributed by atoms with Crippen molar-refractivity contribution in [3.05, 3.63) is 0 Å². The molecule has 0 bridgehead atoms. The average Bonchev–Trinajstić information content (AvgIpc) is 1.88. The molecule has 0 radical (unpaired) electrons. The van der Waals surface area contributed by atoms with Gasteiger partial charge in [-0.1, -0.05) is 33.1 Å². The van der Waals surface area contributed by atoms with Gasteiger partial charge < -0.3 is 9.90 Å². The van der Waals surface area contributed by atoms with E-state index in [4.69, 9.17) is 0 Å². The second kappa shape index (κ2) is 8.17.